The monoisotopic (exact) mass is 351 g/mol. The Morgan fingerprint density at radius 2 is 2.14 bits per heavy atom. The standard InChI is InChI=1S/C14H14BrN3O3/c15-9-4-5-11(8(6-9)7-16)17-14(21)18-12-3-1-2-10(12)13(19)20/h4-6,10,12H,1-3H2,(H,19,20)(H2,17,18,21). The van der Waals surface area contributed by atoms with Crippen LogP contribution in [0.1, 0.15) is 24.8 Å². The van der Waals surface area contributed by atoms with Crippen molar-refractivity contribution in [3.05, 3.63) is 28.2 Å². The van der Waals surface area contributed by atoms with Crippen LogP contribution in [0, 0.1) is 17.2 Å². The number of hydrogen-bond donors (Lipinski definition) is 3. The maximum atomic E-state index is 12.0. The summed E-state index contributed by atoms with van der Waals surface area (Å²) in [5, 5.41) is 23.4. The van der Waals surface area contributed by atoms with Gasteiger partial charge in [0.15, 0.2) is 0 Å². The average molecular weight is 352 g/mol. The number of nitrogens with zero attached hydrogens (tertiary/aromatic N) is 1. The lowest BCUT2D eigenvalue weighted by atomic mass is 10.0. The molecule has 1 aromatic rings. The normalized spacial score (nSPS) is 20.6. The molecule has 1 aliphatic carbocycles. The molecule has 1 saturated carbocycles. The van der Waals surface area contributed by atoms with Crippen LogP contribution in [0.2, 0.25) is 0 Å². The van der Waals surface area contributed by atoms with Gasteiger partial charge in [-0.25, -0.2) is 4.79 Å². The van der Waals surface area contributed by atoms with Crippen molar-refractivity contribution in [3.63, 3.8) is 0 Å². The number of aliphatic carboxylic acids is 1. The van der Waals surface area contributed by atoms with E-state index in [0.717, 1.165) is 10.9 Å². The van der Waals surface area contributed by atoms with Gasteiger partial charge >= 0.3 is 12.0 Å². The Hall–Kier alpha value is -2.07. The molecule has 1 fully saturated rings. The predicted molar refractivity (Wildman–Crippen MR) is 79.8 cm³/mol. The quantitative estimate of drug-likeness (QED) is 0.778. The Balaban J connectivity index is 2.02. The third-order valence-corrected chi connectivity index (χ3v) is 3.99. The number of carboxylic acids is 1. The molecular weight excluding hydrogens is 338 g/mol. The van der Waals surface area contributed by atoms with E-state index in [2.05, 4.69) is 26.6 Å². The molecule has 0 saturated heterocycles. The van der Waals surface area contributed by atoms with Crippen molar-refractivity contribution in [2.75, 3.05) is 5.32 Å². The number of nitrogens with one attached hydrogen (secondary N) is 2. The second-order valence-electron chi connectivity index (χ2n) is 4.88. The zero-order valence-corrected chi connectivity index (χ0v) is 12.7. The molecule has 2 amide bonds. The zero-order valence-electron chi connectivity index (χ0n) is 11.1. The van der Waals surface area contributed by atoms with Crippen LogP contribution < -0.4 is 10.6 Å². The topological polar surface area (TPSA) is 102 Å². The molecule has 2 unspecified atom stereocenters. The summed E-state index contributed by atoms with van der Waals surface area (Å²) >= 11 is 3.25. The number of carboxylic acid groups (broad SMARTS) is 1. The summed E-state index contributed by atoms with van der Waals surface area (Å²) in [7, 11) is 0. The minimum Gasteiger partial charge on any atom is -0.481 e. The second kappa shape index (κ2) is 6.59. The molecule has 6 nitrogen and oxygen atoms in total. The molecule has 0 spiro atoms. The Morgan fingerprint density at radius 3 is 2.81 bits per heavy atom. The minimum absolute atomic E-state index is 0.334. The van der Waals surface area contributed by atoms with Crippen molar-refractivity contribution in [1.82, 2.24) is 5.32 Å². The van der Waals surface area contributed by atoms with Gasteiger partial charge in [0.2, 0.25) is 0 Å². The first-order chi connectivity index (χ1) is 10.0. The highest BCUT2D eigenvalue weighted by atomic mass is 79.9. The Kier molecular flexibility index (Phi) is 4.81. The number of amides is 2. The van der Waals surface area contributed by atoms with Crippen molar-refractivity contribution < 1.29 is 14.7 Å². The van der Waals surface area contributed by atoms with Gasteiger partial charge in [-0.15, -0.1) is 0 Å². The molecule has 2 rings (SSSR count). The summed E-state index contributed by atoms with van der Waals surface area (Å²) in [6.45, 7) is 0. The number of carbonyl (C=O) groups is 2. The van der Waals surface area contributed by atoms with Crippen LogP contribution in [-0.2, 0) is 4.79 Å². The fraction of sp³-hybridized carbons (Fsp3) is 0.357. The molecule has 7 heteroatoms. The van der Waals surface area contributed by atoms with Crippen LogP contribution in [-0.4, -0.2) is 23.1 Å². The van der Waals surface area contributed by atoms with Crippen molar-refractivity contribution >= 4 is 33.6 Å². The van der Waals surface area contributed by atoms with Crippen LogP contribution in [0.5, 0.6) is 0 Å². The van der Waals surface area contributed by atoms with Gasteiger partial charge in [-0.05, 0) is 31.0 Å². The average Bonchev–Trinajstić information content (AvgIpc) is 2.89. The van der Waals surface area contributed by atoms with Crippen molar-refractivity contribution in [2.45, 2.75) is 25.3 Å². The Bertz CT molecular complexity index is 612. The molecule has 0 heterocycles. The lowest BCUT2D eigenvalue weighted by molar-refractivity contribution is -0.142. The molecule has 1 aromatic carbocycles. The van der Waals surface area contributed by atoms with Crippen molar-refractivity contribution in [2.24, 2.45) is 5.92 Å². The number of rotatable bonds is 3. The van der Waals surface area contributed by atoms with Crippen LogP contribution in [0.15, 0.2) is 22.7 Å². The molecule has 1 aliphatic rings. The molecule has 110 valence electrons. The fourth-order valence-electron chi connectivity index (χ4n) is 2.47. The van der Waals surface area contributed by atoms with Gasteiger partial charge in [0.25, 0.3) is 0 Å². The number of hydrogen-bond acceptors (Lipinski definition) is 3. The maximum Gasteiger partial charge on any atom is 0.319 e. The summed E-state index contributed by atoms with van der Waals surface area (Å²) in [6.07, 6.45) is 2.00. The summed E-state index contributed by atoms with van der Waals surface area (Å²) in [4.78, 5) is 23.0. The third-order valence-electron chi connectivity index (χ3n) is 3.50. The molecular formula is C14H14BrN3O3. The first kappa shape index (κ1) is 15.3. The van der Waals surface area contributed by atoms with E-state index in [1.807, 2.05) is 6.07 Å². The smallest absolute Gasteiger partial charge is 0.319 e. The highest BCUT2D eigenvalue weighted by molar-refractivity contribution is 9.10. The molecule has 3 N–H and O–H groups in total. The van der Waals surface area contributed by atoms with Gasteiger partial charge in [0.05, 0.1) is 17.2 Å². The summed E-state index contributed by atoms with van der Waals surface area (Å²) in [5.74, 6) is -1.43. The molecule has 0 radical (unpaired) electrons. The van der Waals surface area contributed by atoms with E-state index in [1.54, 1.807) is 18.2 Å². The highest BCUT2D eigenvalue weighted by Gasteiger charge is 2.33. The first-order valence-corrected chi connectivity index (χ1v) is 7.30. The number of carbonyl (C=O) groups excluding carboxylic acids is 1. The first-order valence-electron chi connectivity index (χ1n) is 6.51. The molecule has 0 aliphatic heterocycles. The van der Waals surface area contributed by atoms with E-state index >= 15 is 0 Å². The van der Waals surface area contributed by atoms with Crippen LogP contribution in [0.25, 0.3) is 0 Å². The number of benzene rings is 1. The molecule has 21 heavy (non-hydrogen) atoms. The van der Waals surface area contributed by atoms with Gasteiger partial charge in [-0.3, -0.25) is 4.79 Å². The van der Waals surface area contributed by atoms with E-state index in [-0.39, 0.29) is 6.04 Å². The third kappa shape index (κ3) is 3.73. The highest BCUT2D eigenvalue weighted by Crippen LogP contribution is 2.26. The summed E-state index contributed by atoms with van der Waals surface area (Å²) < 4.78 is 0.742. The van der Waals surface area contributed by atoms with Crippen LogP contribution >= 0.6 is 15.9 Å². The number of nitriles is 1. The second-order valence-corrected chi connectivity index (χ2v) is 5.80. The van der Waals surface area contributed by atoms with Gasteiger partial charge in [-0.1, -0.05) is 22.4 Å². The van der Waals surface area contributed by atoms with E-state index in [0.29, 0.717) is 24.1 Å². The maximum absolute atomic E-state index is 12.0. The summed E-state index contributed by atoms with van der Waals surface area (Å²) in [5.41, 5.74) is 0.726. The lowest BCUT2D eigenvalue weighted by Crippen LogP contribution is -2.42. The van der Waals surface area contributed by atoms with Gasteiger partial charge < -0.3 is 15.7 Å². The minimum atomic E-state index is -0.890. The Labute approximate surface area is 130 Å². The van der Waals surface area contributed by atoms with Gasteiger partial charge in [0.1, 0.15) is 6.07 Å². The number of halogens is 1. The fourth-order valence-corrected chi connectivity index (χ4v) is 2.83. The largest absolute Gasteiger partial charge is 0.481 e. The zero-order chi connectivity index (χ0) is 15.4. The molecule has 0 aromatic heterocycles. The van der Waals surface area contributed by atoms with Crippen LogP contribution in [0.3, 0.4) is 0 Å². The van der Waals surface area contributed by atoms with E-state index in [4.69, 9.17) is 10.4 Å². The van der Waals surface area contributed by atoms with E-state index in [1.165, 1.54) is 0 Å². The van der Waals surface area contributed by atoms with Crippen LogP contribution in [0.4, 0.5) is 10.5 Å². The number of urea groups is 1. The molecule has 0 bridgehead atoms. The van der Waals surface area contributed by atoms with Crippen molar-refractivity contribution in [1.29, 1.82) is 5.26 Å². The van der Waals surface area contributed by atoms with E-state index in [9.17, 15) is 9.59 Å². The number of anilines is 1. The molecule has 2 atom stereocenters. The summed E-state index contributed by atoms with van der Waals surface area (Å²) in [6, 6.07) is 6.06. The predicted octanol–water partition coefficient (Wildman–Crippen LogP) is 2.70. The van der Waals surface area contributed by atoms with Crippen molar-refractivity contribution in [3.8, 4) is 6.07 Å². The van der Waals surface area contributed by atoms with E-state index < -0.39 is 17.9 Å². The van der Waals surface area contributed by atoms with Gasteiger partial charge in [-0.2, -0.15) is 5.26 Å². The Morgan fingerprint density at radius 1 is 1.38 bits per heavy atom. The SMILES string of the molecule is N#Cc1cc(Br)ccc1NC(=O)NC1CCCC1C(=O)O. The lowest BCUT2D eigenvalue weighted by Gasteiger charge is -2.18. The van der Waals surface area contributed by atoms with Gasteiger partial charge in [0, 0.05) is 10.5 Å².